The third kappa shape index (κ3) is 4.24. The van der Waals surface area contributed by atoms with E-state index in [-0.39, 0.29) is 24.7 Å². The molecule has 2 aromatic heterocycles. The van der Waals surface area contributed by atoms with Gasteiger partial charge in [-0.2, -0.15) is 10.2 Å². The van der Waals surface area contributed by atoms with Crippen molar-refractivity contribution in [1.82, 2.24) is 19.6 Å². The van der Waals surface area contributed by atoms with E-state index in [0.29, 0.717) is 22.9 Å². The Kier molecular flexibility index (Phi) is 5.14. The zero-order valence-electron chi connectivity index (χ0n) is 13.6. The lowest BCUT2D eigenvalue weighted by Gasteiger charge is -2.06. The zero-order valence-corrected chi connectivity index (χ0v) is 14.4. The van der Waals surface area contributed by atoms with E-state index in [1.54, 1.807) is 35.3 Å². The van der Waals surface area contributed by atoms with Gasteiger partial charge in [-0.25, -0.2) is 4.39 Å². The third-order valence-corrected chi connectivity index (χ3v) is 4.12. The predicted molar refractivity (Wildman–Crippen MR) is 92.9 cm³/mol. The Morgan fingerprint density at radius 3 is 2.88 bits per heavy atom. The molecule has 6 nitrogen and oxygen atoms in total. The van der Waals surface area contributed by atoms with Gasteiger partial charge in [-0.1, -0.05) is 17.7 Å². The molecule has 0 bridgehead atoms. The number of aryl methyl sites for hydroxylation is 2. The summed E-state index contributed by atoms with van der Waals surface area (Å²) in [5, 5.41) is 11.4. The number of hydrogen-bond acceptors (Lipinski definition) is 3. The highest BCUT2D eigenvalue weighted by Gasteiger charge is 2.10. The summed E-state index contributed by atoms with van der Waals surface area (Å²) in [5.41, 5.74) is 1.36. The Labute approximate surface area is 149 Å². The van der Waals surface area contributed by atoms with Crippen molar-refractivity contribution in [2.45, 2.75) is 26.4 Å². The summed E-state index contributed by atoms with van der Waals surface area (Å²) in [6.45, 7) is 2.62. The highest BCUT2D eigenvalue weighted by molar-refractivity contribution is 6.31. The average molecular weight is 362 g/mol. The summed E-state index contributed by atoms with van der Waals surface area (Å²) in [6, 6.07) is 8.07. The van der Waals surface area contributed by atoms with Crippen LogP contribution in [0.25, 0.3) is 0 Å². The van der Waals surface area contributed by atoms with Crippen LogP contribution in [0.2, 0.25) is 5.02 Å². The zero-order chi connectivity index (χ0) is 17.8. The summed E-state index contributed by atoms with van der Waals surface area (Å²) in [6.07, 6.45) is 3.65. The van der Waals surface area contributed by atoms with E-state index in [2.05, 4.69) is 15.5 Å². The van der Waals surface area contributed by atoms with Crippen LogP contribution < -0.4 is 5.32 Å². The van der Waals surface area contributed by atoms with Crippen LogP contribution in [0.15, 0.2) is 42.7 Å². The molecule has 0 saturated carbocycles. The first-order chi connectivity index (χ1) is 12.0. The molecule has 1 aromatic carbocycles. The standard InChI is InChI=1S/C17H17ClFN5O/c1-12-5-8-20-24(12)10-7-17(25)21-16-6-9-23(22-16)11-13-14(18)3-2-4-15(13)19/h2-6,8-9H,7,10-11H2,1H3,(H,21,22,25). The summed E-state index contributed by atoms with van der Waals surface area (Å²) in [7, 11) is 0. The lowest BCUT2D eigenvalue weighted by Crippen LogP contribution is -2.16. The second kappa shape index (κ2) is 7.48. The molecular formula is C17H17ClFN5O. The molecule has 0 radical (unpaired) electrons. The van der Waals surface area contributed by atoms with Crippen LogP contribution in [0.4, 0.5) is 10.2 Å². The number of carbonyl (C=O) groups excluding carboxylic acids is 1. The fraction of sp³-hybridized carbons (Fsp3) is 0.235. The number of halogens is 2. The molecule has 1 amide bonds. The molecule has 3 aromatic rings. The maximum atomic E-state index is 13.8. The van der Waals surface area contributed by atoms with E-state index in [9.17, 15) is 9.18 Å². The van der Waals surface area contributed by atoms with Gasteiger partial charge in [-0.15, -0.1) is 0 Å². The Balaban J connectivity index is 1.58. The van der Waals surface area contributed by atoms with Crippen molar-refractivity contribution in [2.24, 2.45) is 0 Å². The van der Waals surface area contributed by atoms with Gasteiger partial charge in [0.1, 0.15) is 5.82 Å². The normalized spacial score (nSPS) is 10.8. The van der Waals surface area contributed by atoms with Gasteiger partial charge in [0.25, 0.3) is 0 Å². The van der Waals surface area contributed by atoms with Crippen molar-refractivity contribution >= 4 is 23.3 Å². The largest absolute Gasteiger partial charge is 0.309 e. The Hall–Kier alpha value is -2.67. The molecule has 0 unspecified atom stereocenters. The fourth-order valence-corrected chi connectivity index (χ4v) is 2.63. The molecule has 0 saturated heterocycles. The van der Waals surface area contributed by atoms with Gasteiger partial charge in [0.2, 0.25) is 5.91 Å². The first-order valence-electron chi connectivity index (χ1n) is 7.77. The molecule has 130 valence electrons. The summed E-state index contributed by atoms with van der Waals surface area (Å²) < 4.78 is 17.1. The molecule has 0 aliphatic heterocycles. The van der Waals surface area contributed by atoms with Crippen LogP contribution in [0, 0.1) is 12.7 Å². The predicted octanol–water partition coefficient (Wildman–Crippen LogP) is 3.26. The number of benzene rings is 1. The highest BCUT2D eigenvalue weighted by Crippen LogP contribution is 2.20. The van der Waals surface area contributed by atoms with Crippen molar-refractivity contribution < 1.29 is 9.18 Å². The molecule has 2 heterocycles. The van der Waals surface area contributed by atoms with Crippen LogP contribution in [0.1, 0.15) is 17.7 Å². The molecule has 1 N–H and O–H groups in total. The molecule has 0 fully saturated rings. The van der Waals surface area contributed by atoms with E-state index < -0.39 is 0 Å². The Morgan fingerprint density at radius 1 is 1.32 bits per heavy atom. The van der Waals surface area contributed by atoms with E-state index in [1.807, 2.05) is 13.0 Å². The molecule has 0 atom stereocenters. The van der Waals surface area contributed by atoms with Crippen molar-refractivity contribution in [1.29, 1.82) is 0 Å². The first-order valence-corrected chi connectivity index (χ1v) is 8.15. The van der Waals surface area contributed by atoms with Crippen LogP contribution in [-0.4, -0.2) is 25.5 Å². The van der Waals surface area contributed by atoms with Gasteiger partial charge in [0.05, 0.1) is 6.54 Å². The summed E-state index contributed by atoms with van der Waals surface area (Å²) in [4.78, 5) is 12.0. The molecule has 8 heteroatoms. The second-order valence-corrected chi connectivity index (χ2v) is 6.00. The first kappa shape index (κ1) is 17.2. The average Bonchev–Trinajstić information content (AvgIpc) is 3.18. The van der Waals surface area contributed by atoms with Crippen molar-refractivity contribution in [3.8, 4) is 0 Å². The van der Waals surface area contributed by atoms with Gasteiger partial charge < -0.3 is 5.32 Å². The van der Waals surface area contributed by atoms with Gasteiger partial charge >= 0.3 is 0 Å². The number of hydrogen-bond donors (Lipinski definition) is 1. The summed E-state index contributed by atoms with van der Waals surface area (Å²) >= 11 is 6.01. The molecule has 25 heavy (non-hydrogen) atoms. The van der Waals surface area contributed by atoms with Gasteiger partial charge in [-0.05, 0) is 25.1 Å². The quantitative estimate of drug-likeness (QED) is 0.733. The minimum absolute atomic E-state index is 0.163. The van der Waals surface area contributed by atoms with Crippen molar-refractivity contribution in [3.05, 3.63) is 64.8 Å². The third-order valence-electron chi connectivity index (χ3n) is 3.77. The molecular weight excluding hydrogens is 345 g/mol. The second-order valence-electron chi connectivity index (χ2n) is 5.59. The number of anilines is 1. The molecule has 3 rings (SSSR count). The Bertz CT molecular complexity index is 869. The minimum Gasteiger partial charge on any atom is -0.309 e. The van der Waals surface area contributed by atoms with Crippen molar-refractivity contribution in [2.75, 3.05) is 5.32 Å². The number of rotatable bonds is 6. The van der Waals surface area contributed by atoms with Crippen LogP contribution in [0.3, 0.4) is 0 Å². The maximum Gasteiger partial charge on any atom is 0.227 e. The van der Waals surface area contributed by atoms with Crippen LogP contribution in [0.5, 0.6) is 0 Å². The topological polar surface area (TPSA) is 64.7 Å². The lowest BCUT2D eigenvalue weighted by molar-refractivity contribution is -0.116. The number of nitrogens with one attached hydrogen (secondary N) is 1. The maximum absolute atomic E-state index is 13.8. The minimum atomic E-state index is -0.386. The van der Waals surface area contributed by atoms with Crippen LogP contribution in [-0.2, 0) is 17.9 Å². The van der Waals surface area contributed by atoms with Gasteiger partial charge in [0.15, 0.2) is 5.82 Å². The molecule has 0 spiro atoms. The molecule has 0 aliphatic rings. The smallest absolute Gasteiger partial charge is 0.227 e. The molecule has 0 aliphatic carbocycles. The Morgan fingerprint density at radius 2 is 2.16 bits per heavy atom. The number of carbonyl (C=O) groups is 1. The van der Waals surface area contributed by atoms with Gasteiger partial charge in [-0.3, -0.25) is 14.2 Å². The van der Waals surface area contributed by atoms with E-state index >= 15 is 0 Å². The summed E-state index contributed by atoms with van der Waals surface area (Å²) in [5.74, 6) is -0.137. The van der Waals surface area contributed by atoms with E-state index in [1.165, 1.54) is 10.7 Å². The number of nitrogens with zero attached hydrogens (tertiary/aromatic N) is 4. The van der Waals surface area contributed by atoms with Gasteiger partial charge in [0, 0.05) is 47.7 Å². The number of amides is 1. The van der Waals surface area contributed by atoms with Crippen molar-refractivity contribution in [3.63, 3.8) is 0 Å². The lowest BCUT2D eigenvalue weighted by atomic mass is 10.2. The van der Waals surface area contributed by atoms with E-state index in [0.717, 1.165) is 5.69 Å². The highest BCUT2D eigenvalue weighted by atomic mass is 35.5. The number of aromatic nitrogens is 4. The van der Waals surface area contributed by atoms with E-state index in [4.69, 9.17) is 11.6 Å². The SMILES string of the molecule is Cc1ccnn1CCC(=O)Nc1ccn(Cc2c(F)cccc2Cl)n1. The fourth-order valence-electron chi connectivity index (χ4n) is 2.41. The van der Waals surface area contributed by atoms with Crippen LogP contribution >= 0.6 is 11.6 Å². The monoisotopic (exact) mass is 361 g/mol.